The second kappa shape index (κ2) is 22.1. The quantitative estimate of drug-likeness (QED) is 0.0588. The number of carboxylic acids is 1. The zero-order valence-electron chi connectivity index (χ0n) is 24.4. The lowest BCUT2D eigenvalue weighted by Crippen LogP contribution is -2.51. The lowest BCUT2D eigenvalue weighted by molar-refractivity contribution is -0.231. The summed E-state index contributed by atoms with van der Waals surface area (Å²) in [5.74, 6) is -1.72. The number of hydrogen-bond donors (Lipinski definition) is 2. The third-order valence-corrected chi connectivity index (χ3v) is 10.0. The van der Waals surface area contributed by atoms with E-state index in [0.29, 0.717) is 25.7 Å². The van der Waals surface area contributed by atoms with Crippen molar-refractivity contribution < 1.29 is 37.5 Å². The number of unbranched alkanes of at least 4 members (excludes halogenated alkanes) is 13. The summed E-state index contributed by atoms with van der Waals surface area (Å²) in [5, 5.41) is 16.2. The molecule has 0 aromatic heterocycles. The first-order chi connectivity index (χ1) is 18.1. The first-order valence-electron chi connectivity index (χ1n) is 14.9. The normalized spacial score (nSPS) is 16.2. The Bertz CT molecular complexity index is 718. The third-order valence-electron chi connectivity index (χ3n) is 6.95. The molecule has 0 aromatic carbocycles. The molecule has 4 unspecified atom stereocenters. The van der Waals surface area contributed by atoms with Gasteiger partial charge in [0.25, 0.3) is 5.34 Å². The molecule has 0 amide bonds. The van der Waals surface area contributed by atoms with E-state index in [-0.39, 0.29) is 12.4 Å². The number of hydrogen-bond acceptors (Lipinski definition) is 7. The van der Waals surface area contributed by atoms with E-state index in [0.717, 1.165) is 44.9 Å². The van der Waals surface area contributed by atoms with Crippen molar-refractivity contribution >= 4 is 24.3 Å². The molecule has 10 heteroatoms. The number of rotatable bonds is 27. The van der Waals surface area contributed by atoms with Crippen LogP contribution in [0.4, 0.5) is 0 Å². The van der Waals surface area contributed by atoms with Gasteiger partial charge in [-0.2, -0.15) is 0 Å². The molecule has 2 N–H and O–H groups in total. The van der Waals surface area contributed by atoms with Crippen molar-refractivity contribution in [2.24, 2.45) is 0 Å². The van der Waals surface area contributed by atoms with E-state index in [9.17, 15) is 28.0 Å². The number of sulfone groups is 1. The smallest absolute Gasteiger partial charge is 0.353 e. The van der Waals surface area contributed by atoms with Gasteiger partial charge >= 0.3 is 5.97 Å². The molecule has 0 aliphatic carbocycles. The average Bonchev–Trinajstić information content (AvgIpc) is 2.88. The molecule has 0 rings (SSSR count). The second-order valence-corrected chi connectivity index (χ2v) is 13.7. The molecular formula is C28H55O8PS. The largest absolute Gasteiger partial charge is 0.478 e. The zero-order valence-corrected chi connectivity index (χ0v) is 26.1. The minimum Gasteiger partial charge on any atom is -0.478 e. The molecule has 0 radical (unpaired) electrons. The summed E-state index contributed by atoms with van der Waals surface area (Å²) < 4.78 is 49.6. The van der Waals surface area contributed by atoms with Crippen molar-refractivity contribution in [2.45, 2.75) is 160 Å². The number of carboxylic acid groups (broad SMARTS) is 1. The number of carbonyl (C=O) groups is 1. The van der Waals surface area contributed by atoms with Gasteiger partial charge in [-0.15, -0.1) is 0 Å². The van der Waals surface area contributed by atoms with Gasteiger partial charge < -0.3 is 19.7 Å². The molecule has 0 saturated heterocycles. The topological polar surface area (TPSA) is 127 Å². The molecular weight excluding hydrogens is 527 g/mol. The maximum atomic E-state index is 13.4. The SMILES string of the molecule is CCCCCCCCCCCCS(=O)(=O)C(CCCCCCC)C(C)OC(OCCC)C(O)(P=O)C(=O)O. The van der Waals surface area contributed by atoms with E-state index in [2.05, 4.69) is 13.8 Å². The van der Waals surface area contributed by atoms with E-state index in [1.54, 1.807) is 13.8 Å². The average molecular weight is 583 g/mol. The Hall–Kier alpha value is -0.600. The standard InChI is InChI=1S/C28H55O8PS/c1-5-8-10-12-13-14-15-16-18-20-23-38(33,34)25(21-19-17-11-9-6-2)24(4)36-27(35-22-7-3)28(31,37-32)26(29)30/h24-25,27,31H,5-23H2,1-4H3,(H,29,30). The Morgan fingerprint density at radius 1 is 0.816 bits per heavy atom. The summed E-state index contributed by atoms with van der Waals surface area (Å²) in [6.07, 6.45) is 14.1. The molecule has 0 aliphatic heterocycles. The molecule has 4 atom stereocenters. The van der Waals surface area contributed by atoms with Crippen LogP contribution in [0.5, 0.6) is 0 Å². The highest BCUT2D eigenvalue weighted by Crippen LogP contribution is 2.31. The molecule has 0 bridgehead atoms. The third kappa shape index (κ3) is 15.3. The minimum atomic E-state index is -3.55. The van der Waals surface area contributed by atoms with Gasteiger partial charge in [0.2, 0.25) is 14.8 Å². The summed E-state index contributed by atoms with van der Waals surface area (Å²) in [7, 11) is -4.64. The predicted octanol–water partition coefficient (Wildman–Crippen LogP) is 7.27. The first kappa shape index (κ1) is 37.4. The molecule has 0 aromatic rings. The van der Waals surface area contributed by atoms with Gasteiger partial charge in [-0.3, -0.25) is 4.57 Å². The molecule has 8 nitrogen and oxygen atoms in total. The summed E-state index contributed by atoms with van der Waals surface area (Å²) in [5.41, 5.74) is 0. The zero-order chi connectivity index (χ0) is 28.9. The highest BCUT2D eigenvalue weighted by atomic mass is 32.2. The van der Waals surface area contributed by atoms with Gasteiger partial charge in [0.1, 0.15) is 0 Å². The van der Waals surface area contributed by atoms with Gasteiger partial charge in [0.15, 0.2) is 9.84 Å². The van der Waals surface area contributed by atoms with Gasteiger partial charge in [0.05, 0.1) is 17.1 Å². The Balaban J connectivity index is 5.20. The van der Waals surface area contributed by atoms with E-state index in [4.69, 9.17) is 9.47 Å². The van der Waals surface area contributed by atoms with Crippen LogP contribution in [0.15, 0.2) is 0 Å². The number of ether oxygens (including phenoxy) is 2. The lowest BCUT2D eigenvalue weighted by atomic mass is 10.1. The summed E-state index contributed by atoms with van der Waals surface area (Å²) in [6, 6.07) is 0. The monoisotopic (exact) mass is 582 g/mol. The Morgan fingerprint density at radius 2 is 1.29 bits per heavy atom. The number of aliphatic carboxylic acids is 1. The highest BCUT2D eigenvalue weighted by molar-refractivity contribution is 7.92. The Morgan fingerprint density at radius 3 is 1.74 bits per heavy atom. The lowest BCUT2D eigenvalue weighted by Gasteiger charge is -2.32. The molecule has 0 fully saturated rings. The second-order valence-electron chi connectivity index (χ2n) is 10.5. The van der Waals surface area contributed by atoms with Crippen LogP contribution in [-0.2, 0) is 28.7 Å². The van der Waals surface area contributed by atoms with Crippen molar-refractivity contribution in [1.82, 2.24) is 0 Å². The van der Waals surface area contributed by atoms with Crippen molar-refractivity contribution in [1.29, 1.82) is 0 Å². The van der Waals surface area contributed by atoms with Crippen LogP contribution < -0.4 is 0 Å². The number of aliphatic hydroxyl groups is 1. The van der Waals surface area contributed by atoms with Crippen LogP contribution in [0.25, 0.3) is 0 Å². The van der Waals surface area contributed by atoms with Crippen molar-refractivity contribution in [3.63, 3.8) is 0 Å². The molecule has 0 spiro atoms. The molecule has 0 aliphatic rings. The molecule has 0 saturated carbocycles. The van der Waals surface area contributed by atoms with Crippen LogP contribution in [0, 0.1) is 0 Å². The van der Waals surface area contributed by atoms with Gasteiger partial charge in [-0.1, -0.05) is 111 Å². The van der Waals surface area contributed by atoms with Crippen molar-refractivity contribution in [2.75, 3.05) is 12.4 Å². The highest BCUT2D eigenvalue weighted by Gasteiger charge is 2.50. The van der Waals surface area contributed by atoms with Crippen LogP contribution in [0.1, 0.15) is 137 Å². The van der Waals surface area contributed by atoms with Crippen LogP contribution in [0.2, 0.25) is 0 Å². The fraction of sp³-hybridized carbons (Fsp3) is 0.964. The van der Waals surface area contributed by atoms with Crippen molar-refractivity contribution in [3.05, 3.63) is 0 Å². The van der Waals surface area contributed by atoms with E-state index >= 15 is 0 Å². The van der Waals surface area contributed by atoms with E-state index in [1.807, 2.05) is 0 Å². The Labute approximate surface area is 233 Å². The summed E-state index contributed by atoms with van der Waals surface area (Å²) in [4.78, 5) is 11.7. The van der Waals surface area contributed by atoms with Crippen LogP contribution in [-0.4, -0.2) is 59.9 Å². The van der Waals surface area contributed by atoms with E-state index in [1.165, 1.54) is 38.5 Å². The van der Waals surface area contributed by atoms with Crippen LogP contribution >= 0.6 is 8.46 Å². The summed E-state index contributed by atoms with van der Waals surface area (Å²) >= 11 is 0. The van der Waals surface area contributed by atoms with Gasteiger partial charge in [-0.25, -0.2) is 13.2 Å². The summed E-state index contributed by atoms with van der Waals surface area (Å²) in [6.45, 7) is 7.75. The van der Waals surface area contributed by atoms with Crippen LogP contribution in [0.3, 0.4) is 0 Å². The first-order valence-corrected chi connectivity index (χ1v) is 17.4. The van der Waals surface area contributed by atoms with Crippen molar-refractivity contribution in [3.8, 4) is 0 Å². The fourth-order valence-electron chi connectivity index (χ4n) is 4.54. The fourth-order valence-corrected chi connectivity index (χ4v) is 6.92. The molecule has 38 heavy (non-hydrogen) atoms. The maximum Gasteiger partial charge on any atom is 0.353 e. The molecule has 0 heterocycles. The maximum absolute atomic E-state index is 13.4. The molecule has 226 valence electrons. The van der Waals surface area contributed by atoms with Gasteiger partial charge in [-0.05, 0) is 26.2 Å². The van der Waals surface area contributed by atoms with Gasteiger partial charge in [0, 0.05) is 6.61 Å². The minimum absolute atomic E-state index is 0.0420. The van der Waals surface area contributed by atoms with E-state index < -0.39 is 47.3 Å². The Kier molecular flexibility index (Phi) is 21.8. The predicted molar refractivity (Wildman–Crippen MR) is 154 cm³/mol.